The highest BCUT2D eigenvalue weighted by Gasteiger charge is 2.22. The molecule has 0 bridgehead atoms. The maximum atomic E-state index is 12.1. The number of sulfonamides is 1. The smallest absolute Gasteiger partial charge is 0.352 e. The van der Waals surface area contributed by atoms with Gasteiger partial charge in [0.25, 0.3) is 0 Å². The minimum absolute atomic E-state index is 0.00143. The SMILES string of the molecule is CCn1cc(S(=O)(=O)NC(C)CCCO)cc1C(=O)O. The first kappa shape index (κ1) is 16.7. The van der Waals surface area contributed by atoms with Crippen LogP contribution in [0.5, 0.6) is 0 Å². The van der Waals surface area contributed by atoms with Crippen molar-refractivity contribution in [1.29, 1.82) is 0 Å². The van der Waals surface area contributed by atoms with Gasteiger partial charge in [-0.2, -0.15) is 0 Å². The van der Waals surface area contributed by atoms with E-state index in [1.54, 1.807) is 13.8 Å². The second-order valence-electron chi connectivity index (χ2n) is 4.54. The molecule has 0 radical (unpaired) electrons. The van der Waals surface area contributed by atoms with Crippen molar-refractivity contribution in [2.24, 2.45) is 0 Å². The molecule has 3 N–H and O–H groups in total. The van der Waals surface area contributed by atoms with E-state index in [0.717, 1.165) is 6.07 Å². The first-order chi connectivity index (χ1) is 9.31. The van der Waals surface area contributed by atoms with Gasteiger partial charge in [-0.15, -0.1) is 0 Å². The summed E-state index contributed by atoms with van der Waals surface area (Å²) in [6.45, 7) is 3.81. The largest absolute Gasteiger partial charge is 0.477 e. The van der Waals surface area contributed by atoms with Crippen molar-refractivity contribution in [3.05, 3.63) is 18.0 Å². The van der Waals surface area contributed by atoms with Gasteiger partial charge in [-0.05, 0) is 32.8 Å². The van der Waals surface area contributed by atoms with Gasteiger partial charge in [-0.25, -0.2) is 17.9 Å². The molecule has 1 atom stereocenters. The molecule has 1 heterocycles. The number of carboxylic acid groups (broad SMARTS) is 1. The van der Waals surface area contributed by atoms with E-state index in [1.165, 1.54) is 10.8 Å². The number of aliphatic hydroxyl groups excluding tert-OH is 1. The normalized spacial score (nSPS) is 13.3. The molecule has 20 heavy (non-hydrogen) atoms. The maximum absolute atomic E-state index is 12.1. The number of aromatic nitrogens is 1. The number of aliphatic hydroxyl groups is 1. The molecule has 0 spiro atoms. The summed E-state index contributed by atoms with van der Waals surface area (Å²) in [5, 5.41) is 17.7. The van der Waals surface area contributed by atoms with Crippen molar-refractivity contribution in [2.45, 2.75) is 44.2 Å². The molecule has 0 aliphatic rings. The van der Waals surface area contributed by atoms with Crippen LogP contribution >= 0.6 is 0 Å². The van der Waals surface area contributed by atoms with Crippen LogP contribution in [0.2, 0.25) is 0 Å². The van der Waals surface area contributed by atoms with Crippen LogP contribution in [0.4, 0.5) is 0 Å². The highest BCUT2D eigenvalue weighted by Crippen LogP contribution is 2.15. The lowest BCUT2D eigenvalue weighted by atomic mass is 10.2. The molecule has 1 aromatic rings. The van der Waals surface area contributed by atoms with E-state index in [0.29, 0.717) is 19.4 Å². The Morgan fingerprint density at radius 3 is 2.60 bits per heavy atom. The second kappa shape index (κ2) is 6.87. The number of carboxylic acids is 1. The molecular formula is C12H20N2O5S. The Balaban J connectivity index is 2.95. The van der Waals surface area contributed by atoms with Crippen LogP contribution < -0.4 is 4.72 Å². The molecular weight excluding hydrogens is 284 g/mol. The van der Waals surface area contributed by atoms with Crippen molar-refractivity contribution >= 4 is 16.0 Å². The molecule has 0 fully saturated rings. The number of hydrogen-bond acceptors (Lipinski definition) is 4. The first-order valence-electron chi connectivity index (χ1n) is 6.38. The number of nitrogens with zero attached hydrogens (tertiary/aromatic N) is 1. The van der Waals surface area contributed by atoms with Crippen molar-refractivity contribution in [1.82, 2.24) is 9.29 Å². The fourth-order valence-electron chi connectivity index (χ4n) is 1.86. The predicted octanol–water partition coefficient (Wildman–Crippen LogP) is 0.645. The van der Waals surface area contributed by atoms with Crippen LogP contribution in [0, 0.1) is 0 Å². The van der Waals surface area contributed by atoms with Crippen molar-refractivity contribution in [2.75, 3.05) is 6.61 Å². The predicted molar refractivity (Wildman–Crippen MR) is 73.2 cm³/mol. The van der Waals surface area contributed by atoms with Gasteiger partial charge in [0.05, 0.1) is 0 Å². The number of aryl methyl sites for hydroxylation is 1. The van der Waals surface area contributed by atoms with Crippen molar-refractivity contribution < 1.29 is 23.4 Å². The van der Waals surface area contributed by atoms with Gasteiger partial charge < -0.3 is 14.8 Å². The van der Waals surface area contributed by atoms with Crippen LogP contribution in [0.1, 0.15) is 37.2 Å². The Labute approximate surface area is 118 Å². The maximum Gasteiger partial charge on any atom is 0.352 e. The van der Waals surface area contributed by atoms with E-state index in [4.69, 9.17) is 10.2 Å². The fraction of sp³-hybridized carbons (Fsp3) is 0.583. The molecule has 0 aromatic carbocycles. The van der Waals surface area contributed by atoms with Gasteiger partial charge in [-0.3, -0.25) is 0 Å². The van der Waals surface area contributed by atoms with E-state index in [9.17, 15) is 13.2 Å². The first-order valence-corrected chi connectivity index (χ1v) is 7.86. The van der Waals surface area contributed by atoms with E-state index < -0.39 is 16.0 Å². The Bertz CT molecular complexity index is 564. The zero-order valence-corrected chi connectivity index (χ0v) is 12.4. The zero-order valence-electron chi connectivity index (χ0n) is 11.5. The number of carbonyl (C=O) groups is 1. The van der Waals surface area contributed by atoms with Crippen LogP contribution in [-0.2, 0) is 16.6 Å². The molecule has 0 aliphatic heterocycles. The summed E-state index contributed by atoms with van der Waals surface area (Å²) in [6, 6.07) is 0.817. The molecule has 114 valence electrons. The summed E-state index contributed by atoms with van der Waals surface area (Å²) in [7, 11) is -3.75. The van der Waals surface area contributed by atoms with Gasteiger partial charge in [0.1, 0.15) is 10.6 Å². The summed E-state index contributed by atoms with van der Waals surface area (Å²) >= 11 is 0. The molecule has 1 unspecified atom stereocenters. The third kappa shape index (κ3) is 4.06. The second-order valence-corrected chi connectivity index (χ2v) is 6.25. The molecule has 0 amide bonds. The Hall–Kier alpha value is -1.38. The lowest BCUT2D eigenvalue weighted by molar-refractivity contribution is 0.0685. The van der Waals surface area contributed by atoms with Gasteiger partial charge in [0, 0.05) is 25.4 Å². The quantitative estimate of drug-likeness (QED) is 0.653. The lowest BCUT2D eigenvalue weighted by Gasteiger charge is -2.12. The standard InChI is InChI=1S/C12H20N2O5S/c1-3-14-8-10(7-11(14)12(16)17)20(18,19)13-9(2)5-4-6-15/h7-9,13,15H,3-6H2,1-2H3,(H,16,17). The van der Waals surface area contributed by atoms with Crippen molar-refractivity contribution in [3.8, 4) is 0 Å². The molecule has 7 nitrogen and oxygen atoms in total. The number of rotatable bonds is 8. The minimum Gasteiger partial charge on any atom is -0.477 e. The van der Waals surface area contributed by atoms with Crippen LogP contribution in [-0.4, -0.2) is 41.8 Å². The van der Waals surface area contributed by atoms with Gasteiger partial charge in [-0.1, -0.05) is 0 Å². The van der Waals surface area contributed by atoms with E-state index in [1.807, 2.05) is 0 Å². The Morgan fingerprint density at radius 2 is 2.15 bits per heavy atom. The lowest BCUT2D eigenvalue weighted by Crippen LogP contribution is -2.32. The highest BCUT2D eigenvalue weighted by molar-refractivity contribution is 7.89. The number of nitrogens with one attached hydrogen (secondary N) is 1. The molecule has 1 aromatic heterocycles. The Morgan fingerprint density at radius 1 is 1.50 bits per heavy atom. The molecule has 8 heteroatoms. The van der Waals surface area contributed by atoms with E-state index >= 15 is 0 Å². The van der Waals surface area contributed by atoms with Gasteiger partial charge in [0.2, 0.25) is 10.0 Å². The van der Waals surface area contributed by atoms with Crippen LogP contribution in [0.15, 0.2) is 17.2 Å². The third-order valence-corrected chi connectivity index (χ3v) is 4.45. The number of hydrogen-bond donors (Lipinski definition) is 3. The average molecular weight is 304 g/mol. The summed E-state index contributed by atoms with van der Waals surface area (Å²) < 4.78 is 28.1. The minimum atomic E-state index is -3.75. The summed E-state index contributed by atoms with van der Waals surface area (Å²) in [6.07, 6.45) is 2.32. The van der Waals surface area contributed by atoms with Gasteiger partial charge in [0.15, 0.2) is 0 Å². The summed E-state index contributed by atoms with van der Waals surface area (Å²) in [5.41, 5.74) is -0.0594. The van der Waals surface area contributed by atoms with E-state index in [-0.39, 0.29) is 23.2 Å². The molecule has 1 rings (SSSR count). The van der Waals surface area contributed by atoms with Gasteiger partial charge >= 0.3 is 5.97 Å². The fourth-order valence-corrected chi connectivity index (χ4v) is 3.18. The monoisotopic (exact) mass is 304 g/mol. The van der Waals surface area contributed by atoms with Crippen LogP contribution in [0.3, 0.4) is 0 Å². The molecule has 0 saturated heterocycles. The van der Waals surface area contributed by atoms with E-state index in [2.05, 4.69) is 4.72 Å². The van der Waals surface area contributed by atoms with Crippen LogP contribution in [0.25, 0.3) is 0 Å². The average Bonchev–Trinajstić information content (AvgIpc) is 2.80. The topological polar surface area (TPSA) is 109 Å². The highest BCUT2D eigenvalue weighted by atomic mass is 32.2. The number of aromatic carboxylic acids is 1. The van der Waals surface area contributed by atoms with Crippen molar-refractivity contribution in [3.63, 3.8) is 0 Å². The zero-order chi connectivity index (χ0) is 15.3. The summed E-state index contributed by atoms with van der Waals surface area (Å²) in [4.78, 5) is 11.0. The third-order valence-electron chi connectivity index (χ3n) is 2.89. The molecule has 0 saturated carbocycles. The Kier molecular flexibility index (Phi) is 5.73. The molecule has 0 aliphatic carbocycles. The summed E-state index contributed by atoms with van der Waals surface area (Å²) in [5.74, 6) is -1.17.